The van der Waals surface area contributed by atoms with Crippen LogP contribution in [0.1, 0.15) is 49.3 Å². The van der Waals surface area contributed by atoms with Gasteiger partial charge in [-0.15, -0.1) is 0 Å². The summed E-state index contributed by atoms with van der Waals surface area (Å²) in [5, 5.41) is 0. The maximum atomic E-state index is 12.0. The van der Waals surface area contributed by atoms with Gasteiger partial charge in [0.1, 0.15) is 0 Å². The third-order valence-electron chi connectivity index (χ3n) is 4.24. The van der Waals surface area contributed by atoms with E-state index in [0.29, 0.717) is 11.6 Å². The van der Waals surface area contributed by atoms with Crippen LogP contribution in [0.15, 0.2) is 65.3 Å². The Kier molecular flexibility index (Phi) is 5.78. The molecule has 0 bridgehead atoms. The molecule has 1 heterocycles. The van der Waals surface area contributed by atoms with Gasteiger partial charge in [0.25, 0.3) is 0 Å². The molecule has 3 rings (SSSR count). The van der Waals surface area contributed by atoms with Crippen molar-refractivity contribution in [2.75, 3.05) is 0 Å². The maximum Gasteiger partial charge on any atom is 0.363 e. The topological polar surface area (TPSA) is 38.7 Å². The van der Waals surface area contributed by atoms with Crippen LogP contribution in [0.2, 0.25) is 0 Å². The van der Waals surface area contributed by atoms with E-state index >= 15 is 0 Å². The van der Waals surface area contributed by atoms with E-state index in [4.69, 9.17) is 4.74 Å². The zero-order valence-electron chi connectivity index (χ0n) is 14.6. The fourth-order valence-electron chi connectivity index (χ4n) is 2.81. The molecule has 0 unspecified atom stereocenters. The molecule has 0 spiro atoms. The van der Waals surface area contributed by atoms with Crippen molar-refractivity contribution in [2.24, 2.45) is 4.99 Å². The second-order valence-electron chi connectivity index (χ2n) is 6.25. The van der Waals surface area contributed by atoms with E-state index in [1.807, 2.05) is 42.5 Å². The molecule has 0 radical (unpaired) electrons. The highest BCUT2D eigenvalue weighted by molar-refractivity contribution is 6.12. The first-order valence-electron chi connectivity index (χ1n) is 8.93. The van der Waals surface area contributed by atoms with Crippen LogP contribution in [-0.2, 0) is 16.0 Å². The van der Waals surface area contributed by atoms with E-state index < -0.39 is 5.97 Å². The van der Waals surface area contributed by atoms with Crippen LogP contribution in [0.4, 0.5) is 0 Å². The molecule has 2 aromatic carbocycles. The Hall–Kier alpha value is -2.68. The number of carbonyl (C=O) groups is 1. The first-order chi connectivity index (χ1) is 12.3. The lowest BCUT2D eigenvalue weighted by Crippen LogP contribution is -2.05. The number of aryl methyl sites for hydroxylation is 1. The molecular formula is C22H23NO2. The monoisotopic (exact) mass is 333 g/mol. The molecule has 0 atom stereocenters. The zero-order chi connectivity index (χ0) is 17.5. The van der Waals surface area contributed by atoms with Crippen molar-refractivity contribution in [2.45, 2.75) is 39.0 Å². The molecule has 0 aromatic heterocycles. The first-order valence-corrected chi connectivity index (χ1v) is 8.93. The number of cyclic esters (lactones) is 1. The van der Waals surface area contributed by atoms with Crippen molar-refractivity contribution in [1.29, 1.82) is 0 Å². The molecule has 3 nitrogen and oxygen atoms in total. The predicted molar refractivity (Wildman–Crippen MR) is 101 cm³/mol. The molecule has 1 aliphatic rings. The van der Waals surface area contributed by atoms with Crippen molar-refractivity contribution < 1.29 is 9.53 Å². The molecule has 1 aliphatic heterocycles. The number of carbonyl (C=O) groups excluding carboxylic acids is 1. The summed E-state index contributed by atoms with van der Waals surface area (Å²) in [5.74, 6) is -0.0211. The van der Waals surface area contributed by atoms with E-state index in [0.717, 1.165) is 17.5 Å². The lowest BCUT2D eigenvalue weighted by molar-refractivity contribution is -0.129. The van der Waals surface area contributed by atoms with Gasteiger partial charge in [-0.3, -0.25) is 0 Å². The standard InChI is InChI=1S/C22H23NO2/c1-2-3-4-6-9-17-12-14-19(15-13-17)21-23-20(22(24)25-21)16-18-10-7-5-8-11-18/h5,7-8,10-16H,2-4,6,9H2,1H3/b20-16-. The van der Waals surface area contributed by atoms with E-state index in [1.165, 1.54) is 31.2 Å². The van der Waals surface area contributed by atoms with E-state index in [2.05, 4.69) is 24.0 Å². The van der Waals surface area contributed by atoms with Crippen LogP contribution < -0.4 is 0 Å². The summed E-state index contributed by atoms with van der Waals surface area (Å²) >= 11 is 0. The minimum Gasteiger partial charge on any atom is -0.402 e. The van der Waals surface area contributed by atoms with Crippen LogP contribution in [-0.4, -0.2) is 11.9 Å². The Bertz CT molecular complexity index is 773. The molecule has 25 heavy (non-hydrogen) atoms. The van der Waals surface area contributed by atoms with E-state index in [9.17, 15) is 4.79 Å². The number of hydrogen-bond donors (Lipinski definition) is 0. The number of esters is 1. The second-order valence-corrected chi connectivity index (χ2v) is 6.25. The van der Waals surface area contributed by atoms with Gasteiger partial charge in [0, 0.05) is 5.56 Å². The van der Waals surface area contributed by atoms with E-state index in [-0.39, 0.29) is 0 Å². The molecule has 0 saturated heterocycles. The van der Waals surface area contributed by atoms with Crippen molar-refractivity contribution in [3.05, 3.63) is 77.0 Å². The number of nitrogens with zero attached hydrogens (tertiary/aromatic N) is 1. The Morgan fingerprint density at radius 3 is 2.44 bits per heavy atom. The summed E-state index contributed by atoms with van der Waals surface area (Å²) in [5.41, 5.74) is 3.42. The van der Waals surface area contributed by atoms with Gasteiger partial charge in [0.15, 0.2) is 5.70 Å². The van der Waals surface area contributed by atoms with Gasteiger partial charge in [0.2, 0.25) is 5.90 Å². The fourth-order valence-corrected chi connectivity index (χ4v) is 2.81. The molecule has 0 N–H and O–H groups in total. The Labute approximate surface area is 149 Å². The highest BCUT2D eigenvalue weighted by Crippen LogP contribution is 2.20. The normalized spacial score (nSPS) is 15.3. The molecule has 0 aliphatic carbocycles. The third kappa shape index (κ3) is 4.66. The third-order valence-corrected chi connectivity index (χ3v) is 4.24. The summed E-state index contributed by atoms with van der Waals surface area (Å²) < 4.78 is 5.33. The molecule has 3 heteroatoms. The maximum absolute atomic E-state index is 12.0. The summed E-state index contributed by atoms with van der Waals surface area (Å²) in [6, 6.07) is 17.8. The fraction of sp³-hybridized carbons (Fsp3) is 0.273. The molecule has 0 amide bonds. The Morgan fingerprint density at radius 1 is 0.960 bits per heavy atom. The first kappa shape index (κ1) is 17.2. The summed E-state index contributed by atoms with van der Waals surface area (Å²) in [4.78, 5) is 16.4. The minimum atomic E-state index is -0.400. The van der Waals surface area contributed by atoms with Crippen molar-refractivity contribution in [1.82, 2.24) is 0 Å². The van der Waals surface area contributed by atoms with Gasteiger partial charge in [0.05, 0.1) is 0 Å². The van der Waals surface area contributed by atoms with Crippen LogP contribution in [0, 0.1) is 0 Å². The average Bonchev–Trinajstić information content (AvgIpc) is 3.01. The van der Waals surface area contributed by atoms with Crippen LogP contribution in [0.5, 0.6) is 0 Å². The quantitative estimate of drug-likeness (QED) is 0.399. The van der Waals surface area contributed by atoms with Crippen LogP contribution in [0.25, 0.3) is 6.08 Å². The largest absolute Gasteiger partial charge is 0.402 e. The van der Waals surface area contributed by atoms with Gasteiger partial charge in [-0.05, 0) is 42.2 Å². The average molecular weight is 333 g/mol. The lowest BCUT2D eigenvalue weighted by atomic mass is 10.0. The van der Waals surface area contributed by atoms with Crippen LogP contribution >= 0.6 is 0 Å². The summed E-state index contributed by atoms with van der Waals surface area (Å²) in [6.07, 6.45) is 7.87. The number of hydrogen-bond acceptors (Lipinski definition) is 3. The zero-order valence-corrected chi connectivity index (χ0v) is 14.6. The number of benzene rings is 2. The van der Waals surface area contributed by atoms with Gasteiger partial charge < -0.3 is 4.74 Å². The minimum absolute atomic E-state index is 0.338. The Morgan fingerprint density at radius 2 is 1.72 bits per heavy atom. The van der Waals surface area contributed by atoms with Crippen molar-refractivity contribution in [3.8, 4) is 0 Å². The number of ether oxygens (including phenoxy) is 1. The molecule has 0 fully saturated rings. The smallest absolute Gasteiger partial charge is 0.363 e. The van der Waals surface area contributed by atoms with Crippen molar-refractivity contribution >= 4 is 17.9 Å². The number of aliphatic imine (C=N–C) groups is 1. The predicted octanol–water partition coefficient (Wildman–Crippen LogP) is 5.15. The van der Waals surface area contributed by atoms with E-state index in [1.54, 1.807) is 6.08 Å². The van der Waals surface area contributed by atoms with Crippen LogP contribution in [0.3, 0.4) is 0 Å². The number of rotatable bonds is 7. The van der Waals surface area contributed by atoms with Crippen molar-refractivity contribution in [3.63, 3.8) is 0 Å². The Balaban J connectivity index is 1.68. The second kappa shape index (κ2) is 8.43. The van der Waals surface area contributed by atoms with Gasteiger partial charge in [-0.25, -0.2) is 9.79 Å². The molecule has 0 saturated carbocycles. The highest BCUT2D eigenvalue weighted by Gasteiger charge is 2.23. The summed E-state index contributed by atoms with van der Waals surface area (Å²) in [6.45, 7) is 2.22. The molecule has 2 aromatic rings. The lowest BCUT2D eigenvalue weighted by Gasteiger charge is -2.03. The van der Waals surface area contributed by atoms with Gasteiger partial charge in [-0.1, -0.05) is 68.7 Å². The SMILES string of the molecule is CCCCCCc1ccc(C2=N/C(=C\c3ccccc3)C(=O)O2)cc1. The summed E-state index contributed by atoms with van der Waals surface area (Å²) in [7, 11) is 0. The molecular weight excluding hydrogens is 310 g/mol. The highest BCUT2D eigenvalue weighted by atomic mass is 16.6. The number of unbranched alkanes of at least 4 members (excludes halogenated alkanes) is 3. The van der Waals surface area contributed by atoms with Gasteiger partial charge >= 0.3 is 5.97 Å². The molecule has 128 valence electrons. The van der Waals surface area contributed by atoms with Gasteiger partial charge in [-0.2, -0.15) is 0 Å².